The first-order valence-electron chi connectivity index (χ1n) is 5.35. The third kappa shape index (κ3) is 3.21. The maximum Gasteiger partial charge on any atom is 0.133 e. The van der Waals surface area contributed by atoms with Gasteiger partial charge in [-0.05, 0) is 47.3 Å². The van der Waals surface area contributed by atoms with E-state index in [-0.39, 0.29) is 6.10 Å². The molecule has 1 aliphatic rings. The molecule has 1 saturated heterocycles. The van der Waals surface area contributed by atoms with Crippen molar-refractivity contribution in [3.63, 3.8) is 0 Å². The topological polar surface area (TPSA) is 18.5 Å². The van der Waals surface area contributed by atoms with E-state index in [0.717, 1.165) is 23.2 Å². The van der Waals surface area contributed by atoms with Crippen LogP contribution in [0.2, 0.25) is 0 Å². The summed E-state index contributed by atoms with van der Waals surface area (Å²) < 4.78 is 12.3. The first-order valence-corrected chi connectivity index (χ1v) is 6.14. The largest absolute Gasteiger partial charge is 0.490 e. The second kappa shape index (κ2) is 5.52. The Kier molecular flexibility index (Phi) is 4.03. The summed E-state index contributed by atoms with van der Waals surface area (Å²) in [4.78, 5) is 0. The maximum absolute atomic E-state index is 5.70. The van der Waals surface area contributed by atoms with E-state index < -0.39 is 0 Å². The molecule has 1 heterocycles. The Bertz CT molecular complexity index is 308. The molecule has 1 fully saturated rings. The van der Waals surface area contributed by atoms with Gasteiger partial charge in [0.1, 0.15) is 12.4 Å². The van der Waals surface area contributed by atoms with E-state index in [2.05, 4.69) is 15.9 Å². The van der Waals surface area contributed by atoms with Gasteiger partial charge in [-0.25, -0.2) is 0 Å². The lowest BCUT2D eigenvalue weighted by Gasteiger charge is -2.22. The fourth-order valence-electron chi connectivity index (χ4n) is 1.68. The number of para-hydroxylation sites is 1. The summed E-state index contributed by atoms with van der Waals surface area (Å²) in [6, 6.07) is 7.90. The van der Waals surface area contributed by atoms with Crippen molar-refractivity contribution in [3.8, 4) is 5.75 Å². The molecule has 15 heavy (non-hydrogen) atoms. The molecule has 3 heteroatoms. The van der Waals surface area contributed by atoms with Crippen molar-refractivity contribution in [1.29, 1.82) is 0 Å². The molecule has 0 aliphatic carbocycles. The Morgan fingerprint density at radius 3 is 2.93 bits per heavy atom. The molecular weight excluding hydrogens is 256 g/mol. The van der Waals surface area contributed by atoms with Crippen LogP contribution in [-0.4, -0.2) is 19.3 Å². The van der Waals surface area contributed by atoms with Crippen LogP contribution < -0.4 is 4.74 Å². The molecule has 0 aromatic heterocycles. The highest BCUT2D eigenvalue weighted by atomic mass is 79.9. The molecule has 1 aromatic carbocycles. The average molecular weight is 271 g/mol. The summed E-state index contributed by atoms with van der Waals surface area (Å²) >= 11 is 3.46. The second-order valence-corrected chi connectivity index (χ2v) is 4.58. The molecule has 0 amide bonds. The minimum absolute atomic E-state index is 0.269. The van der Waals surface area contributed by atoms with Gasteiger partial charge in [0.2, 0.25) is 0 Å². The molecule has 0 bridgehead atoms. The van der Waals surface area contributed by atoms with Gasteiger partial charge in [0.05, 0.1) is 10.6 Å². The zero-order valence-electron chi connectivity index (χ0n) is 8.62. The summed E-state index contributed by atoms with van der Waals surface area (Å²) in [6.45, 7) is 1.53. The fraction of sp³-hybridized carbons (Fsp3) is 0.500. The molecule has 1 aliphatic heterocycles. The van der Waals surface area contributed by atoms with E-state index in [4.69, 9.17) is 9.47 Å². The monoisotopic (exact) mass is 270 g/mol. The minimum atomic E-state index is 0.269. The standard InChI is InChI=1S/C12H15BrO2/c13-11-6-1-2-7-12(11)15-9-10-5-3-4-8-14-10/h1-2,6-7,10H,3-5,8-9H2/t10-/m1/s1. The zero-order valence-corrected chi connectivity index (χ0v) is 10.2. The molecule has 0 radical (unpaired) electrons. The van der Waals surface area contributed by atoms with Crippen LogP contribution in [-0.2, 0) is 4.74 Å². The van der Waals surface area contributed by atoms with Crippen molar-refractivity contribution in [3.05, 3.63) is 28.7 Å². The quantitative estimate of drug-likeness (QED) is 0.838. The van der Waals surface area contributed by atoms with E-state index in [0.29, 0.717) is 6.61 Å². The molecule has 1 aromatic rings. The van der Waals surface area contributed by atoms with Crippen LogP contribution in [0.3, 0.4) is 0 Å². The van der Waals surface area contributed by atoms with Gasteiger partial charge in [-0.15, -0.1) is 0 Å². The van der Waals surface area contributed by atoms with Gasteiger partial charge in [-0.1, -0.05) is 12.1 Å². The predicted molar refractivity (Wildman–Crippen MR) is 63.2 cm³/mol. The fourth-order valence-corrected chi connectivity index (χ4v) is 2.08. The van der Waals surface area contributed by atoms with Crippen molar-refractivity contribution in [1.82, 2.24) is 0 Å². The average Bonchev–Trinajstić information content (AvgIpc) is 2.29. The highest BCUT2D eigenvalue weighted by molar-refractivity contribution is 9.10. The normalized spacial score (nSPS) is 21.3. The summed E-state index contributed by atoms with van der Waals surface area (Å²) in [5.74, 6) is 0.895. The van der Waals surface area contributed by atoms with Crippen LogP contribution in [0.25, 0.3) is 0 Å². The SMILES string of the molecule is Brc1ccccc1OC[C@H]1CCCCO1. The molecule has 0 saturated carbocycles. The zero-order chi connectivity index (χ0) is 10.5. The lowest BCUT2D eigenvalue weighted by atomic mass is 10.1. The Morgan fingerprint density at radius 2 is 2.20 bits per heavy atom. The number of benzene rings is 1. The first-order chi connectivity index (χ1) is 7.36. The summed E-state index contributed by atoms with van der Waals surface area (Å²) in [5, 5.41) is 0. The van der Waals surface area contributed by atoms with Crippen LogP contribution in [0.4, 0.5) is 0 Å². The lowest BCUT2D eigenvalue weighted by molar-refractivity contribution is -0.0112. The Balaban J connectivity index is 1.84. The molecule has 1 atom stereocenters. The summed E-state index contributed by atoms with van der Waals surface area (Å²) in [6.07, 6.45) is 3.82. The molecule has 0 unspecified atom stereocenters. The number of hydrogen-bond acceptors (Lipinski definition) is 2. The number of rotatable bonds is 3. The van der Waals surface area contributed by atoms with Crippen LogP contribution in [0.5, 0.6) is 5.75 Å². The Labute approximate surface area is 98.7 Å². The third-order valence-electron chi connectivity index (χ3n) is 2.54. The van der Waals surface area contributed by atoms with Gasteiger partial charge in [0, 0.05) is 6.61 Å². The van der Waals surface area contributed by atoms with Crippen LogP contribution >= 0.6 is 15.9 Å². The van der Waals surface area contributed by atoms with Crippen LogP contribution in [0.15, 0.2) is 28.7 Å². The van der Waals surface area contributed by atoms with E-state index in [1.165, 1.54) is 12.8 Å². The van der Waals surface area contributed by atoms with Crippen molar-refractivity contribution in [2.75, 3.05) is 13.2 Å². The lowest BCUT2D eigenvalue weighted by Crippen LogP contribution is -2.25. The molecule has 2 nitrogen and oxygen atoms in total. The minimum Gasteiger partial charge on any atom is -0.490 e. The highest BCUT2D eigenvalue weighted by Gasteiger charge is 2.14. The van der Waals surface area contributed by atoms with Crippen molar-refractivity contribution in [2.45, 2.75) is 25.4 Å². The molecular formula is C12H15BrO2. The van der Waals surface area contributed by atoms with Gasteiger partial charge in [0.15, 0.2) is 0 Å². The van der Waals surface area contributed by atoms with Gasteiger partial charge < -0.3 is 9.47 Å². The number of halogens is 1. The van der Waals surface area contributed by atoms with Gasteiger partial charge in [-0.3, -0.25) is 0 Å². The van der Waals surface area contributed by atoms with Crippen LogP contribution in [0.1, 0.15) is 19.3 Å². The van der Waals surface area contributed by atoms with E-state index in [1.54, 1.807) is 0 Å². The Morgan fingerprint density at radius 1 is 1.33 bits per heavy atom. The molecule has 0 spiro atoms. The van der Waals surface area contributed by atoms with Crippen molar-refractivity contribution < 1.29 is 9.47 Å². The third-order valence-corrected chi connectivity index (χ3v) is 3.19. The highest BCUT2D eigenvalue weighted by Crippen LogP contribution is 2.24. The van der Waals surface area contributed by atoms with Crippen molar-refractivity contribution in [2.24, 2.45) is 0 Å². The van der Waals surface area contributed by atoms with E-state index >= 15 is 0 Å². The Hall–Kier alpha value is -0.540. The number of hydrogen-bond donors (Lipinski definition) is 0. The molecule has 0 N–H and O–H groups in total. The number of ether oxygens (including phenoxy) is 2. The van der Waals surface area contributed by atoms with E-state index in [1.807, 2.05) is 24.3 Å². The maximum atomic E-state index is 5.70. The van der Waals surface area contributed by atoms with Gasteiger partial charge >= 0.3 is 0 Å². The molecule has 82 valence electrons. The smallest absolute Gasteiger partial charge is 0.133 e. The summed E-state index contributed by atoms with van der Waals surface area (Å²) in [7, 11) is 0. The van der Waals surface area contributed by atoms with Crippen LogP contribution in [0, 0.1) is 0 Å². The van der Waals surface area contributed by atoms with Crippen molar-refractivity contribution >= 4 is 15.9 Å². The first kappa shape index (κ1) is 11.0. The predicted octanol–water partition coefficient (Wildman–Crippen LogP) is 3.40. The molecule has 2 rings (SSSR count). The van der Waals surface area contributed by atoms with E-state index in [9.17, 15) is 0 Å². The van der Waals surface area contributed by atoms with Gasteiger partial charge in [0.25, 0.3) is 0 Å². The summed E-state index contributed by atoms with van der Waals surface area (Å²) in [5.41, 5.74) is 0. The second-order valence-electron chi connectivity index (χ2n) is 3.73. The van der Waals surface area contributed by atoms with Gasteiger partial charge in [-0.2, -0.15) is 0 Å².